The van der Waals surface area contributed by atoms with Crippen molar-refractivity contribution >= 4 is 56.0 Å². The summed E-state index contributed by atoms with van der Waals surface area (Å²) in [6.07, 6.45) is 0. The molecule has 0 saturated carbocycles. The lowest BCUT2D eigenvalue weighted by Gasteiger charge is -2.13. The molecule has 0 aliphatic heterocycles. The van der Waals surface area contributed by atoms with E-state index in [1.54, 1.807) is 6.07 Å². The van der Waals surface area contributed by atoms with Crippen molar-refractivity contribution in [3.05, 3.63) is 75.3 Å². The van der Waals surface area contributed by atoms with Crippen molar-refractivity contribution in [2.45, 2.75) is 20.8 Å². The highest BCUT2D eigenvalue weighted by molar-refractivity contribution is 9.10. The molecule has 0 bridgehead atoms. The lowest BCUT2D eigenvalue weighted by atomic mass is 10.1. The van der Waals surface area contributed by atoms with E-state index in [2.05, 4.69) is 57.5 Å². The first-order valence-electron chi connectivity index (χ1n) is 10.2. The molecule has 0 radical (unpaired) electrons. The zero-order valence-electron chi connectivity index (χ0n) is 18.6. The van der Waals surface area contributed by atoms with Crippen LogP contribution >= 0.6 is 28.1 Å². The van der Waals surface area contributed by atoms with Gasteiger partial charge in [0.15, 0.2) is 10.7 Å². The SMILES string of the molecule is COc1c(C)cc(Br)cc1C(=O)NC(=S)Nc1ccc2oc(-c3ccc(C)c(C)c3)nc2c1. The lowest BCUT2D eigenvalue weighted by molar-refractivity contribution is 0.0974. The summed E-state index contributed by atoms with van der Waals surface area (Å²) in [6.45, 7) is 6.00. The van der Waals surface area contributed by atoms with Crippen molar-refractivity contribution in [3.8, 4) is 17.2 Å². The minimum atomic E-state index is -0.367. The molecule has 168 valence electrons. The Labute approximate surface area is 205 Å². The summed E-state index contributed by atoms with van der Waals surface area (Å²) in [5, 5.41) is 5.90. The highest BCUT2D eigenvalue weighted by Crippen LogP contribution is 2.29. The summed E-state index contributed by atoms with van der Waals surface area (Å²) in [4.78, 5) is 17.4. The van der Waals surface area contributed by atoms with Crippen molar-refractivity contribution in [1.29, 1.82) is 0 Å². The van der Waals surface area contributed by atoms with E-state index >= 15 is 0 Å². The molecule has 33 heavy (non-hydrogen) atoms. The van der Waals surface area contributed by atoms with E-state index in [9.17, 15) is 4.79 Å². The molecule has 0 atom stereocenters. The number of halogens is 1. The first-order valence-corrected chi connectivity index (χ1v) is 11.4. The first-order chi connectivity index (χ1) is 15.7. The fourth-order valence-corrected chi connectivity index (χ4v) is 4.29. The number of fused-ring (bicyclic) bond motifs is 1. The van der Waals surface area contributed by atoms with Gasteiger partial charge in [0.1, 0.15) is 11.3 Å². The number of hydrogen-bond acceptors (Lipinski definition) is 5. The predicted octanol–water partition coefficient (Wildman–Crippen LogP) is 6.32. The van der Waals surface area contributed by atoms with Crippen LogP contribution in [0, 0.1) is 20.8 Å². The number of carbonyl (C=O) groups excluding carboxylic acids is 1. The molecule has 4 rings (SSSR count). The number of hydrogen-bond donors (Lipinski definition) is 2. The Morgan fingerprint density at radius 1 is 1.03 bits per heavy atom. The normalized spacial score (nSPS) is 10.8. The molecule has 0 aliphatic carbocycles. The van der Waals surface area contributed by atoms with Gasteiger partial charge < -0.3 is 14.5 Å². The van der Waals surface area contributed by atoms with Gasteiger partial charge >= 0.3 is 0 Å². The van der Waals surface area contributed by atoms with Gasteiger partial charge in [-0.25, -0.2) is 4.98 Å². The summed E-state index contributed by atoms with van der Waals surface area (Å²) in [5.74, 6) is 0.688. The first kappa shape index (κ1) is 22.9. The van der Waals surface area contributed by atoms with E-state index in [0.717, 1.165) is 15.6 Å². The summed E-state index contributed by atoms with van der Waals surface area (Å²) < 4.78 is 12.1. The number of methoxy groups -OCH3 is 1. The summed E-state index contributed by atoms with van der Waals surface area (Å²) in [6, 6.07) is 15.1. The number of carbonyl (C=O) groups is 1. The van der Waals surface area contributed by atoms with Crippen molar-refractivity contribution in [2.75, 3.05) is 12.4 Å². The number of aromatic nitrogens is 1. The molecular formula is C25H22BrN3O3S. The zero-order valence-corrected chi connectivity index (χ0v) is 21.0. The molecule has 1 heterocycles. The van der Waals surface area contributed by atoms with Crippen LogP contribution in [0.15, 0.2) is 57.4 Å². The van der Waals surface area contributed by atoms with Gasteiger partial charge in [-0.05, 0) is 92.1 Å². The van der Waals surface area contributed by atoms with Crippen LogP contribution < -0.4 is 15.4 Å². The maximum atomic E-state index is 12.8. The van der Waals surface area contributed by atoms with Gasteiger partial charge in [0.05, 0.1) is 12.7 Å². The third-order valence-corrected chi connectivity index (χ3v) is 5.98. The number of oxazole rings is 1. The van der Waals surface area contributed by atoms with Crippen LogP contribution in [0.2, 0.25) is 0 Å². The van der Waals surface area contributed by atoms with E-state index in [1.165, 1.54) is 18.2 Å². The summed E-state index contributed by atoms with van der Waals surface area (Å²) in [5.41, 5.74) is 6.58. The summed E-state index contributed by atoms with van der Waals surface area (Å²) >= 11 is 8.76. The van der Waals surface area contributed by atoms with Crippen LogP contribution in [-0.2, 0) is 0 Å². The molecule has 6 nitrogen and oxygen atoms in total. The van der Waals surface area contributed by atoms with E-state index in [-0.39, 0.29) is 11.0 Å². The number of ether oxygens (including phenoxy) is 1. The van der Waals surface area contributed by atoms with Gasteiger partial charge in [0.2, 0.25) is 5.89 Å². The molecule has 4 aromatic rings. The van der Waals surface area contributed by atoms with Gasteiger partial charge in [-0.1, -0.05) is 22.0 Å². The van der Waals surface area contributed by atoms with Gasteiger partial charge in [-0.15, -0.1) is 0 Å². The second-order valence-electron chi connectivity index (χ2n) is 7.71. The Bertz CT molecular complexity index is 1400. The fraction of sp³-hybridized carbons (Fsp3) is 0.160. The Balaban J connectivity index is 1.51. The number of anilines is 1. The highest BCUT2D eigenvalue weighted by atomic mass is 79.9. The standard InChI is InChI=1S/C25H22BrN3O3S/c1-13-5-6-16(9-14(13)2)24-28-20-12-18(7-8-21(20)32-24)27-25(33)29-23(30)19-11-17(26)10-15(3)22(19)31-4/h5-12H,1-4H3,(H2,27,29,30,33). The van der Waals surface area contributed by atoms with Crippen LogP contribution in [0.4, 0.5) is 5.69 Å². The number of amides is 1. The van der Waals surface area contributed by atoms with E-state index < -0.39 is 0 Å². The maximum absolute atomic E-state index is 12.8. The third kappa shape index (κ3) is 4.91. The average molecular weight is 524 g/mol. The number of benzene rings is 3. The molecular weight excluding hydrogens is 502 g/mol. The molecule has 0 fully saturated rings. The van der Waals surface area contributed by atoms with E-state index in [1.807, 2.05) is 37.3 Å². The third-order valence-electron chi connectivity index (χ3n) is 5.31. The average Bonchev–Trinajstić information content (AvgIpc) is 3.18. The van der Waals surface area contributed by atoms with Crippen LogP contribution in [0.25, 0.3) is 22.6 Å². The van der Waals surface area contributed by atoms with Crippen LogP contribution in [0.3, 0.4) is 0 Å². The Hall–Kier alpha value is -3.23. The Morgan fingerprint density at radius 3 is 2.55 bits per heavy atom. The number of nitrogens with zero attached hydrogens (tertiary/aromatic N) is 1. The zero-order chi connectivity index (χ0) is 23.7. The largest absolute Gasteiger partial charge is 0.496 e. The van der Waals surface area contributed by atoms with Crippen molar-refractivity contribution < 1.29 is 13.9 Å². The smallest absolute Gasteiger partial charge is 0.261 e. The van der Waals surface area contributed by atoms with Crippen LogP contribution in [-0.4, -0.2) is 23.1 Å². The molecule has 1 amide bonds. The van der Waals surface area contributed by atoms with Crippen molar-refractivity contribution in [2.24, 2.45) is 0 Å². The lowest BCUT2D eigenvalue weighted by Crippen LogP contribution is -2.34. The molecule has 1 aromatic heterocycles. The Morgan fingerprint density at radius 2 is 1.82 bits per heavy atom. The maximum Gasteiger partial charge on any atom is 0.261 e. The minimum Gasteiger partial charge on any atom is -0.496 e. The van der Waals surface area contributed by atoms with Gasteiger partial charge in [0, 0.05) is 15.7 Å². The Kier molecular flexibility index (Phi) is 6.49. The van der Waals surface area contributed by atoms with Gasteiger partial charge in [0.25, 0.3) is 5.91 Å². The number of rotatable bonds is 4. The van der Waals surface area contributed by atoms with Crippen molar-refractivity contribution in [1.82, 2.24) is 10.3 Å². The van der Waals surface area contributed by atoms with Gasteiger partial charge in [-0.3, -0.25) is 10.1 Å². The van der Waals surface area contributed by atoms with Crippen LogP contribution in [0.1, 0.15) is 27.0 Å². The van der Waals surface area contributed by atoms with E-state index in [0.29, 0.717) is 34.0 Å². The molecule has 0 aliphatic rings. The monoisotopic (exact) mass is 523 g/mol. The second kappa shape index (κ2) is 9.33. The molecule has 8 heteroatoms. The van der Waals surface area contributed by atoms with E-state index in [4.69, 9.17) is 21.4 Å². The quantitative estimate of drug-likeness (QED) is 0.305. The predicted molar refractivity (Wildman–Crippen MR) is 138 cm³/mol. The number of thiocarbonyl (C=S) groups is 1. The number of aryl methyl sites for hydroxylation is 3. The van der Waals surface area contributed by atoms with Crippen molar-refractivity contribution in [3.63, 3.8) is 0 Å². The van der Waals surface area contributed by atoms with Crippen LogP contribution in [0.5, 0.6) is 5.75 Å². The topological polar surface area (TPSA) is 76.4 Å². The molecule has 2 N–H and O–H groups in total. The fourth-order valence-electron chi connectivity index (χ4n) is 3.51. The second-order valence-corrected chi connectivity index (χ2v) is 9.04. The minimum absolute atomic E-state index is 0.164. The molecule has 0 saturated heterocycles. The molecule has 3 aromatic carbocycles. The molecule has 0 spiro atoms. The van der Waals surface area contributed by atoms with Gasteiger partial charge in [-0.2, -0.15) is 0 Å². The summed E-state index contributed by atoms with van der Waals surface area (Å²) in [7, 11) is 1.53. The number of nitrogens with one attached hydrogen (secondary N) is 2. The molecule has 0 unspecified atom stereocenters. The highest BCUT2D eigenvalue weighted by Gasteiger charge is 2.17.